The number of benzene rings is 1. The minimum absolute atomic E-state index is 0. The molecule has 0 bridgehead atoms. The van der Waals surface area contributed by atoms with Gasteiger partial charge in [-0.05, 0) is 24.1 Å². The summed E-state index contributed by atoms with van der Waals surface area (Å²) in [6, 6.07) is 5.75. The number of piperazine rings is 1. The summed E-state index contributed by atoms with van der Waals surface area (Å²) in [6.07, 6.45) is -3.54. The van der Waals surface area contributed by atoms with E-state index in [2.05, 4.69) is 27.0 Å². The van der Waals surface area contributed by atoms with E-state index >= 15 is 0 Å². The van der Waals surface area contributed by atoms with Crippen LogP contribution in [0, 0.1) is 11.8 Å². The van der Waals surface area contributed by atoms with Crippen LogP contribution in [0.2, 0.25) is 0 Å². The number of nitrogens with one attached hydrogen (secondary N) is 1. The largest absolute Gasteiger partial charge is 0.416 e. The third-order valence-electron chi connectivity index (χ3n) is 4.94. The Morgan fingerprint density at radius 3 is 2.21 bits per heavy atom. The summed E-state index contributed by atoms with van der Waals surface area (Å²) in [5.41, 5.74) is 0.337. The van der Waals surface area contributed by atoms with Gasteiger partial charge in [-0.1, -0.05) is 24.0 Å². The molecule has 2 saturated heterocycles. The van der Waals surface area contributed by atoms with Gasteiger partial charge in [0.1, 0.15) is 0 Å². The van der Waals surface area contributed by atoms with Crippen molar-refractivity contribution in [3.63, 3.8) is 0 Å². The highest BCUT2D eigenvalue weighted by molar-refractivity contribution is 7.99. The molecular formula is C20H28Cl2F3N3S. The van der Waals surface area contributed by atoms with Crippen molar-refractivity contribution in [1.29, 1.82) is 0 Å². The third-order valence-corrected chi connectivity index (χ3v) is 5.88. The molecule has 3 nitrogen and oxygen atoms in total. The van der Waals surface area contributed by atoms with Crippen LogP contribution in [0.1, 0.15) is 11.1 Å². The zero-order valence-corrected chi connectivity index (χ0v) is 18.7. The Labute approximate surface area is 188 Å². The lowest BCUT2D eigenvalue weighted by atomic mass is 10.0. The molecule has 3 rings (SSSR count). The van der Waals surface area contributed by atoms with Crippen molar-refractivity contribution >= 4 is 36.6 Å². The number of hydrogen-bond donors (Lipinski definition) is 1. The lowest BCUT2D eigenvalue weighted by molar-refractivity contribution is -0.137. The molecule has 0 aromatic heterocycles. The molecule has 1 N–H and O–H groups in total. The maximum Gasteiger partial charge on any atom is 0.416 e. The fourth-order valence-electron chi connectivity index (χ4n) is 3.38. The van der Waals surface area contributed by atoms with Crippen molar-refractivity contribution < 1.29 is 13.2 Å². The van der Waals surface area contributed by atoms with Crippen molar-refractivity contribution in [2.75, 3.05) is 57.3 Å². The topological polar surface area (TPSA) is 18.5 Å². The van der Waals surface area contributed by atoms with E-state index in [1.54, 1.807) is 12.1 Å². The zero-order valence-electron chi connectivity index (χ0n) is 16.2. The average molecular weight is 470 g/mol. The fourth-order valence-corrected chi connectivity index (χ4v) is 4.36. The first-order valence-corrected chi connectivity index (χ1v) is 10.5. The maximum atomic E-state index is 12.7. The van der Waals surface area contributed by atoms with Gasteiger partial charge < -0.3 is 5.32 Å². The van der Waals surface area contributed by atoms with E-state index in [0.717, 1.165) is 57.8 Å². The van der Waals surface area contributed by atoms with Gasteiger partial charge in [0.15, 0.2) is 0 Å². The van der Waals surface area contributed by atoms with Crippen LogP contribution in [0.15, 0.2) is 24.3 Å². The van der Waals surface area contributed by atoms with Gasteiger partial charge in [0, 0.05) is 50.3 Å². The van der Waals surface area contributed by atoms with Crippen LogP contribution in [0.4, 0.5) is 13.2 Å². The van der Waals surface area contributed by atoms with Crippen molar-refractivity contribution in [3.8, 4) is 11.8 Å². The molecule has 2 heterocycles. The van der Waals surface area contributed by atoms with E-state index in [-0.39, 0.29) is 30.9 Å². The summed E-state index contributed by atoms with van der Waals surface area (Å²) >= 11 is 2.00. The molecule has 1 aromatic rings. The van der Waals surface area contributed by atoms with Crippen LogP contribution in [-0.4, -0.2) is 73.2 Å². The Balaban J connectivity index is 0.00000210. The van der Waals surface area contributed by atoms with Gasteiger partial charge in [-0.2, -0.15) is 24.9 Å². The minimum atomic E-state index is -4.27. The average Bonchev–Trinajstić information content (AvgIpc) is 2.66. The Hall–Kier alpha value is -0.620. The number of thioether (sulfide) groups is 1. The minimum Gasteiger partial charge on any atom is -0.311 e. The molecular weight excluding hydrogens is 442 g/mol. The molecule has 0 spiro atoms. The SMILES string of the molecule is Cl.Cl.FC(F)(F)c1ccc(CC2CN(CC#CCN3CCSCC3)CCN2)cc1. The van der Waals surface area contributed by atoms with Crippen molar-refractivity contribution in [2.24, 2.45) is 0 Å². The molecule has 1 aromatic carbocycles. The fraction of sp³-hybridized carbons (Fsp3) is 0.600. The van der Waals surface area contributed by atoms with Crippen LogP contribution in [0.5, 0.6) is 0 Å². The number of hydrogen-bond acceptors (Lipinski definition) is 4. The quantitative estimate of drug-likeness (QED) is 0.680. The van der Waals surface area contributed by atoms with Gasteiger partial charge in [-0.3, -0.25) is 9.80 Å². The van der Waals surface area contributed by atoms with Crippen LogP contribution in [0.25, 0.3) is 0 Å². The summed E-state index contributed by atoms with van der Waals surface area (Å²) in [5.74, 6) is 8.97. The Morgan fingerprint density at radius 1 is 0.966 bits per heavy atom. The molecule has 1 atom stereocenters. The molecule has 0 amide bonds. The van der Waals surface area contributed by atoms with Crippen LogP contribution in [0.3, 0.4) is 0 Å². The van der Waals surface area contributed by atoms with Crippen molar-refractivity contribution in [3.05, 3.63) is 35.4 Å². The highest BCUT2D eigenvalue weighted by atomic mass is 35.5. The molecule has 164 valence electrons. The first-order valence-electron chi connectivity index (χ1n) is 9.38. The molecule has 0 radical (unpaired) electrons. The lowest BCUT2D eigenvalue weighted by Gasteiger charge is -2.32. The molecule has 29 heavy (non-hydrogen) atoms. The van der Waals surface area contributed by atoms with Crippen LogP contribution in [-0.2, 0) is 12.6 Å². The van der Waals surface area contributed by atoms with E-state index < -0.39 is 11.7 Å². The van der Waals surface area contributed by atoms with Gasteiger partial charge in [0.25, 0.3) is 0 Å². The van der Waals surface area contributed by atoms with Crippen molar-refractivity contribution in [2.45, 2.75) is 18.6 Å². The lowest BCUT2D eigenvalue weighted by Crippen LogP contribution is -2.51. The highest BCUT2D eigenvalue weighted by Crippen LogP contribution is 2.29. The van der Waals surface area contributed by atoms with Gasteiger partial charge in [-0.25, -0.2) is 0 Å². The summed E-state index contributed by atoms with van der Waals surface area (Å²) in [4.78, 5) is 4.72. The second-order valence-electron chi connectivity index (χ2n) is 7.03. The monoisotopic (exact) mass is 469 g/mol. The van der Waals surface area contributed by atoms with Gasteiger partial charge in [0.2, 0.25) is 0 Å². The normalized spacial score (nSPS) is 20.7. The summed E-state index contributed by atoms with van der Waals surface area (Å²) in [5, 5.41) is 3.46. The first kappa shape index (κ1) is 26.4. The molecule has 2 aliphatic rings. The van der Waals surface area contributed by atoms with Crippen molar-refractivity contribution in [1.82, 2.24) is 15.1 Å². The summed E-state index contributed by atoms with van der Waals surface area (Å²) in [7, 11) is 0. The second kappa shape index (κ2) is 12.9. The summed E-state index contributed by atoms with van der Waals surface area (Å²) in [6.45, 7) is 6.57. The Bertz CT molecular complexity index is 656. The van der Waals surface area contributed by atoms with E-state index in [4.69, 9.17) is 0 Å². The standard InChI is InChI=1S/C20H26F3N3S.2ClH/c21-20(22,23)18-5-3-17(4-6-18)15-19-16-26(10-7-24-19)9-2-1-8-25-11-13-27-14-12-25;;/h3-6,19,24H,7-16H2;2*1H. The zero-order chi connectivity index (χ0) is 19.1. The molecule has 2 aliphatic heterocycles. The summed E-state index contributed by atoms with van der Waals surface area (Å²) < 4.78 is 38.0. The van der Waals surface area contributed by atoms with Gasteiger partial charge >= 0.3 is 6.18 Å². The number of nitrogens with zero attached hydrogens (tertiary/aromatic N) is 2. The predicted octanol–water partition coefficient (Wildman–Crippen LogP) is 3.42. The number of halogens is 5. The van der Waals surface area contributed by atoms with Gasteiger partial charge in [0.05, 0.1) is 18.7 Å². The molecule has 2 fully saturated rings. The van der Waals surface area contributed by atoms with Gasteiger partial charge in [-0.15, -0.1) is 24.8 Å². The molecule has 9 heteroatoms. The Morgan fingerprint density at radius 2 is 1.59 bits per heavy atom. The molecule has 1 unspecified atom stereocenters. The van der Waals surface area contributed by atoms with E-state index in [9.17, 15) is 13.2 Å². The third kappa shape index (κ3) is 8.95. The van der Waals surface area contributed by atoms with E-state index in [1.807, 2.05) is 11.8 Å². The number of alkyl halides is 3. The van der Waals surface area contributed by atoms with Crippen LogP contribution < -0.4 is 5.32 Å². The van der Waals surface area contributed by atoms with E-state index in [1.165, 1.54) is 23.6 Å². The first-order chi connectivity index (χ1) is 13.0. The number of rotatable bonds is 4. The van der Waals surface area contributed by atoms with Crippen LogP contribution >= 0.6 is 36.6 Å². The smallest absolute Gasteiger partial charge is 0.311 e. The predicted molar refractivity (Wildman–Crippen MR) is 119 cm³/mol. The highest BCUT2D eigenvalue weighted by Gasteiger charge is 2.30. The molecule has 0 aliphatic carbocycles. The maximum absolute atomic E-state index is 12.7. The van der Waals surface area contributed by atoms with E-state index in [0.29, 0.717) is 0 Å². The molecule has 0 saturated carbocycles. The Kier molecular flexibility index (Phi) is 11.8. The second-order valence-corrected chi connectivity index (χ2v) is 8.25.